The van der Waals surface area contributed by atoms with E-state index in [0.717, 1.165) is 51.4 Å². The normalized spacial score (nSPS) is 14.2. The summed E-state index contributed by atoms with van der Waals surface area (Å²) in [5.74, 6) is -2.48. The number of carbonyl (C=O) groups is 3. The highest BCUT2D eigenvalue weighted by Gasteiger charge is 2.28. The Labute approximate surface area is 389 Å². The monoisotopic (exact) mass is 920 g/mol. The van der Waals surface area contributed by atoms with E-state index in [9.17, 15) is 23.8 Å². The van der Waals surface area contributed by atoms with Crippen molar-refractivity contribution in [3.63, 3.8) is 0 Å². The van der Waals surface area contributed by atoms with Gasteiger partial charge >= 0.3 is 25.7 Å². The predicted octanol–water partition coefficient (Wildman–Crippen LogP) is 14.1. The summed E-state index contributed by atoms with van der Waals surface area (Å²) < 4.78 is 32.7. The van der Waals surface area contributed by atoms with Gasteiger partial charge in [-0.15, -0.1) is 0 Å². The van der Waals surface area contributed by atoms with Crippen LogP contribution in [0, 0.1) is 0 Å². The quantitative estimate of drug-likeness (QED) is 0.0230. The average molecular weight is 920 g/mol. The van der Waals surface area contributed by atoms with E-state index in [2.05, 4.69) is 79.1 Å². The molecule has 12 heteroatoms. The van der Waals surface area contributed by atoms with Crippen molar-refractivity contribution in [2.75, 3.05) is 19.8 Å². The summed E-state index contributed by atoms with van der Waals surface area (Å²) in [6, 6.07) is -1.54. The van der Waals surface area contributed by atoms with Crippen molar-refractivity contribution in [3.8, 4) is 0 Å². The number of nitrogens with two attached hydrogens (primary N) is 1. The van der Waals surface area contributed by atoms with Crippen molar-refractivity contribution >= 4 is 25.7 Å². The first kappa shape index (κ1) is 60.9. The van der Waals surface area contributed by atoms with Gasteiger partial charge in [-0.1, -0.05) is 215 Å². The van der Waals surface area contributed by atoms with Gasteiger partial charge in [0.05, 0.1) is 13.2 Å². The lowest BCUT2D eigenvalue weighted by atomic mass is 10.0. The lowest BCUT2D eigenvalue weighted by molar-refractivity contribution is -0.161. The van der Waals surface area contributed by atoms with Crippen molar-refractivity contribution in [1.29, 1.82) is 0 Å². The average Bonchev–Trinajstić information content (AvgIpc) is 3.27. The second-order valence-corrected chi connectivity index (χ2v) is 18.0. The first-order valence-corrected chi connectivity index (χ1v) is 26.5. The van der Waals surface area contributed by atoms with Gasteiger partial charge in [-0.25, -0.2) is 4.57 Å². The SMILES string of the molecule is CC/C=C\C/C=C\C/C=C\C/C=C\C/C=C\C/C=C\CCC(=O)OC(COC(=O)CCCCCCCCCCCCCCCCCCCCCCC)COP(=O)(O)OCC(N)C(=O)O. The molecule has 11 nitrogen and oxygen atoms in total. The van der Waals surface area contributed by atoms with Gasteiger partial charge in [0, 0.05) is 12.8 Å². The second kappa shape index (κ2) is 46.4. The van der Waals surface area contributed by atoms with Crippen LogP contribution in [-0.4, -0.2) is 59.9 Å². The maximum atomic E-state index is 12.6. The third-order valence-electron chi connectivity index (χ3n) is 10.5. The Kier molecular flexibility index (Phi) is 44.2. The number of aliphatic carboxylic acids is 1. The number of phosphoric ester groups is 1. The number of unbranched alkanes of at least 4 members (excludes halogenated alkanes) is 20. The Morgan fingerprint density at radius 3 is 1.28 bits per heavy atom. The van der Waals surface area contributed by atoms with Gasteiger partial charge in [0.2, 0.25) is 0 Å². The standard InChI is InChI=1S/C52H90NO10P/c1-3-5-7-9-11-13-15-17-19-21-23-24-26-27-29-31-33-35-37-39-41-43-50(54)60-45-48(46-61-64(58,59)62-47-49(53)52(56)57)63-51(55)44-42-40-38-36-34-32-30-28-25-22-20-18-16-14-12-10-8-6-4-2/h6,8,12,14,18,20,25,28,32,34,38,40,48-49H,3-5,7,9-11,13,15-17,19,21-24,26-27,29-31,33,35-37,39,41-47,53H2,1-2H3,(H,56,57)(H,58,59)/b8-6-,14-12-,20-18-,28-25-,34-32-,40-38-. The first-order chi connectivity index (χ1) is 31.1. The molecule has 0 heterocycles. The van der Waals surface area contributed by atoms with E-state index in [4.69, 9.17) is 24.8 Å². The molecule has 0 aromatic heterocycles. The molecule has 0 radical (unpaired) electrons. The predicted molar refractivity (Wildman–Crippen MR) is 263 cm³/mol. The number of phosphoric acid groups is 1. The Hall–Kier alpha value is -3.08. The maximum Gasteiger partial charge on any atom is 0.472 e. The van der Waals surface area contributed by atoms with Gasteiger partial charge in [-0.2, -0.15) is 0 Å². The molecule has 0 fully saturated rings. The number of carboxylic acid groups (broad SMARTS) is 1. The zero-order valence-electron chi connectivity index (χ0n) is 40.1. The van der Waals surface area contributed by atoms with E-state index >= 15 is 0 Å². The first-order valence-electron chi connectivity index (χ1n) is 25.0. The molecule has 3 unspecified atom stereocenters. The topological polar surface area (TPSA) is 172 Å². The molecule has 368 valence electrons. The fraction of sp³-hybridized carbons (Fsp3) is 0.712. The number of allylic oxidation sites excluding steroid dienone is 12. The summed E-state index contributed by atoms with van der Waals surface area (Å²) in [5, 5.41) is 8.91. The minimum atomic E-state index is -4.74. The second-order valence-electron chi connectivity index (χ2n) is 16.6. The molecule has 64 heavy (non-hydrogen) atoms. The van der Waals surface area contributed by atoms with Gasteiger partial charge in [-0.3, -0.25) is 23.4 Å². The van der Waals surface area contributed by atoms with Crippen LogP contribution < -0.4 is 5.73 Å². The van der Waals surface area contributed by atoms with Gasteiger partial charge in [0.15, 0.2) is 6.10 Å². The van der Waals surface area contributed by atoms with Crippen molar-refractivity contribution in [2.24, 2.45) is 5.73 Å². The fourth-order valence-electron chi connectivity index (χ4n) is 6.62. The van der Waals surface area contributed by atoms with Crippen LogP contribution in [0.15, 0.2) is 72.9 Å². The van der Waals surface area contributed by atoms with Crippen LogP contribution in [0.3, 0.4) is 0 Å². The molecule has 0 aliphatic heterocycles. The minimum absolute atomic E-state index is 0.0345. The van der Waals surface area contributed by atoms with Gasteiger partial charge in [0.25, 0.3) is 0 Å². The van der Waals surface area contributed by atoms with Crippen LogP contribution in [0.1, 0.15) is 206 Å². The van der Waals surface area contributed by atoms with Crippen LogP contribution in [0.25, 0.3) is 0 Å². The zero-order chi connectivity index (χ0) is 47.0. The molecule has 0 spiro atoms. The summed E-state index contributed by atoms with van der Waals surface area (Å²) in [6.45, 7) is 2.64. The highest BCUT2D eigenvalue weighted by molar-refractivity contribution is 7.47. The molecule has 4 N–H and O–H groups in total. The molecule has 3 atom stereocenters. The Balaban J connectivity index is 4.35. The van der Waals surface area contributed by atoms with Crippen LogP contribution in [0.4, 0.5) is 0 Å². The van der Waals surface area contributed by atoms with Crippen LogP contribution in [0.2, 0.25) is 0 Å². The summed E-state index contributed by atoms with van der Waals surface area (Å²) in [4.78, 5) is 46.1. The van der Waals surface area contributed by atoms with Gasteiger partial charge < -0.3 is 25.2 Å². The molecule has 0 saturated heterocycles. The largest absolute Gasteiger partial charge is 0.480 e. The number of carboxylic acids is 1. The fourth-order valence-corrected chi connectivity index (χ4v) is 7.40. The lowest BCUT2D eigenvalue weighted by Crippen LogP contribution is -2.34. The van der Waals surface area contributed by atoms with E-state index in [1.54, 1.807) is 0 Å². The van der Waals surface area contributed by atoms with Gasteiger partial charge in [0.1, 0.15) is 12.6 Å². The summed E-state index contributed by atoms with van der Waals surface area (Å²) in [7, 11) is -4.74. The molecular formula is C52H90NO10P. The Morgan fingerprint density at radius 2 is 0.875 bits per heavy atom. The molecule has 0 bridgehead atoms. The Morgan fingerprint density at radius 1 is 0.500 bits per heavy atom. The van der Waals surface area contributed by atoms with Crippen LogP contribution in [-0.2, 0) is 37.5 Å². The number of esters is 2. The number of carbonyl (C=O) groups excluding carboxylic acids is 2. The summed E-state index contributed by atoms with van der Waals surface area (Å²) in [5.41, 5.74) is 5.34. The molecular weight excluding hydrogens is 830 g/mol. The van der Waals surface area contributed by atoms with E-state index in [0.29, 0.717) is 19.3 Å². The number of hydrogen-bond donors (Lipinski definition) is 3. The van der Waals surface area contributed by atoms with Crippen molar-refractivity contribution in [2.45, 2.75) is 219 Å². The molecule has 0 aromatic rings. The lowest BCUT2D eigenvalue weighted by Gasteiger charge is -2.20. The molecule has 0 saturated carbocycles. The highest BCUT2D eigenvalue weighted by atomic mass is 31.2. The summed E-state index contributed by atoms with van der Waals surface area (Å²) in [6.07, 6.45) is 57.0. The maximum absolute atomic E-state index is 12.6. The zero-order valence-corrected chi connectivity index (χ0v) is 41.0. The van der Waals surface area contributed by atoms with Crippen LogP contribution in [0.5, 0.6) is 0 Å². The molecule has 0 aliphatic carbocycles. The highest BCUT2D eigenvalue weighted by Crippen LogP contribution is 2.43. The van der Waals surface area contributed by atoms with E-state index < -0.39 is 51.1 Å². The third-order valence-corrected chi connectivity index (χ3v) is 11.4. The van der Waals surface area contributed by atoms with E-state index in [-0.39, 0.29) is 19.4 Å². The smallest absolute Gasteiger partial charge is 0.472 e. The number of ether oxygens (including phenoxy) is 2. The molecule has 0 amide bonds. The van der Waals surface area contributed by atoms with Crippen LogP contribution >= 0.6 is 7.82 Å². The van der Waals surface area contributed by atoms with Gasteiger partial charge in [-0.05, 0) is 51.4 Å². The third kappa shape index (κ3) is 45.5. The van der Waals surface area contributed by atoms with E-state index in [1.165, 1.54) is 109 Å². The summed E-state index contributed by atoms with van der Waals surface area (Å²) >= 11 is 0. The molecule has 0 rings (SSSR count). The van der Waals surface area contributed by atoms with Crippen molar-refractivity contribution in [1.82, 2.24) is 0 Å². The molecule has 0 aliphatic rings. The Bertz CT molecular complexity index is 1360. The van der Waals surface area contributed by atoms with E-state index in [1.807, 2.05) is 12.2 Å². The van der Waals surface area contributed by atoms with Crippen molar-refractivity contribution in [3.05, 3.63) is 72.9 Å². The minimum Gasteiger partial charge on any atom is -0.480 e. The van der Waals surface area contributed by atoms with Crippen molar-refractivity contribution < 1.29 is 47.5 Å². The number of hydrogen-bond acceptors (Lipinski definition) is 9. The molecule has 0 aromatic carbocycles. The number of rotatable bonds is 46.